The van der Waals surface area contributed by atoms with Gasteiger partial charge in [0.1, 0.15) is 5.75 Å². The molecule has 0 atom stereocenters. The van der Waals surface area contributed by atoms with Crippen molar-refractivity contribution in [2.45, 2.75) is 41.5 Å². The van der Waals surface area contributed by atoms with Crippen LogP contribution in [0.4, 0.5) is 14.9 Å². The Balaban J connectivity index is 0. The number of urea groups is 1. The molecule has 2 N–H and O–H groups in total. The fourth-order valence-corrected chi connectivity index (χ4v) is 1.78. The Morgan fingerprint density at radius 3 is 2.16 bits per heavy atom. The van der Waals surface area contributed by atoms with Crippen LogP contribution >= 0.6 is 0 Å². The number of benzene rings is 1. The van der Waals surface area contributed by atoms with Crippen LogP contribution in [-0.2, 0) is 9.53 Å². The van der Waals surface area contributed by atoms with Crippen molar-refractivity contribution in [3.63, 3.8) is 0 Å². The van der Waals surface area contributed by atoms with Gasteiger partial charge in [0.15, 0.2) is 5.82 Å². The minimum atomic E-state index is -0.844. The Labute approximate surface area is 149 Å². The maximum atomic E-state index is 14.1. The van der Waals surface area contributed by atoms with Crippen LogP contribution in [0.25, 0.3) is 0 Å². The van der Waals surface area contributed by atoms with Gasteiger partial charge in [-0.1, -0.05) is 27.7 Å². The molecule has 0 aliphatic heterocycles. The van der Waals surface area contributed by atoms with Gasteiger partial charge < -0.3 is 14.8 Å². The standard InChI is InChI=1S/C14H17FN2O4.2C2H6/c1-8-7-10(12(15)9(2)13(8)21-4)16-14(19)17-11(18)5-6-20-3;2*1-2/h5-7H,1-4H3,(H2,16,17,18,19);2*1-2H3/b6-5+;;. The SMILES string of the molecule is CC.CC.CO/C=C/C(=O)NC(=O)Nc1cc(C)c(OC)c(C)c1F. The van der Waals surface area contributed by atoms with E-state index in [2.05, 4.69) is 10.1 Å². The lowest BCUT2D eigenvalue weighted by atomic mass is 10.1. The van der Waals surface area contributed by atoms with Crippen LogP contribution in [0.5, 0.6) is 5.75 Å². The van der Waals surface area contributed by atoms with Gasteiger partial charge >= 0.3 is 6.03 Å². The van der Waals surface area contributed by atoms with E-state index < -0.39 is 17.8 Å². The zero-order valence-corrected chi connectivity index (χ0v) is 16.2. The van der Waals surface area contributed by atoms with E-state index in [0.29, 0.717) is 11.3 Å². The summed E-state index contributed by atoms with van der Waals surface area (Å²) in [6, 6.07) is 0.583. The second-order valence-electron chi connectivity index (χ2n) is 4.20. The number of carbonyl (C=O) groups is 2. The zero-order chi connectivity index (χ0) is 20.0. The Morgan fingerprint density at radius 1 is 1.12 bits per heavy atom. The first-order chi connectivity index (χ1) is 11.9. The largest absolute Gasteiger partial charge is 0.504 e. The quantitative estimate of drug-likeness (QED) is 0.622. The van der Waals surface area contributed by atoms with Crippen molar-refractivity contribution in [3.05, 3.63) is 35.3 Å². The fourth-order valence-electron chi connectivity index (χ4n) is 1.78. The number of halogens is 1. The van der Waals surface area contributed by atoms with Crippen LogP contribution in [0.15, 0.2) is 18.4 Å². The van der Waals surface area contributed by atoms with Crippen LogP contribution in [0.1, 0.15) is 38.8 Å². The Morgan fingerprint density at radius 2 is 1.68 bits per heavy atom. The monoisotopic (exact) mass is 356 g/mol. The lowest BCUT2D eigenvalue weighted by Gasteiger charge is -2.14. The second kappa shape index (κ2) is 13.8. The molecule has 0 radical (unpaired) electrons. The van der Waals surface area contributed by atoms with Crippen LogP contribution in [0.3, 0.4) is 0 Å². The molecular formula is C18H29FN2O4. The average Bonchev–Trinajstić information content (AvgIpc) is 2.61. The maximum absolute atomic E-state index is 14.1. The van der Waals surface area contributed by atoms with Crippen LogP contribution in [0, 0.1) is 19.7 Å². The highest BCUT2D eigenvalue weighted by Gasteiger charge is 2.16. The molecule has 0 aromatic heterocycles. The lowest BCUT2D eigenvalue weighted by molar-refractivity contribution is -0.115. The summed E-state index contributed by atoms with van der Waals surface area (Å²) in [7, 11) is 2.80. The first-order valence-electron chi connectivity index (χ1n) is 8.05. The third kappa shape index (κ3) is 8.19. The molecule has 0 aliphatic carbocycles. The fraction of sp³-hybridized carbons (Fsp3) is 0.444. The van der Waals surface area contributed by atoms with E-state index in [4.69, 9.17) is 4.74 Å². The maximum Gasteiger partial charge on any atom is 0.326 e. The minimum absolute atomic E-state index is 0.0354. The van der Waals surface area contributed by atoms with Gasteiger partial charge in [0.25, 0.3) is 5.91 Å². The molecule has 0 bridgehead atoms. The van der Waals surface area contributed by atoms with E-state index in [0.717, 1.165) is 12.3 Å². The number of hydrogen-bond acceptors (Lipinski definition) is 4. The second-order valence-corrected chi connectivity index (χ2v) is 4.20. The third-order valence-electron chi connectivity index (χ3n) is 2.67. The Hall–Kier alpha value is -2.57. The zero-order valence-electron chi connectivity index (χ0n) is 16.2. The molecule has 7 heteroatoms. The van der Waals surface area contributed by atoms with Gasteiger partial charge in [-0.2, -0.15) is 0 Å². The molecule has 25 heavy (non-hydrogen) atoms. The van der Waals surface area contributed by atoms with Gasteiger partial charge in [0, 0.05) is 11.6 Å². The van der Waals surface area contributed by atoms with Gasteiger partial charge in [-0.15, -0.1) is 0 Å². The highest BCUT2D eigenvalue weighted by molar-refractivity contribution is 6.05. The smallest absolute Gasteiger partial charge is 0.326 e. The van der Waals surface area contributed by atoms with E-state index >= 15 is 0 Å². The van der Waals surface area contributed by atoms with Crippen molar-refractivity contribution >= 4 is 17.6 Å². The summed E-state index contributed by atoms with van der Waals surface area (Å²) in [6.45, 7) is 11.3. The summed E-state index contributed by atoms with van der Waals surface area (Å²) in [5.41, 5.74) is 0.905. The number of carbonyl (C=O) groups excluding carboxylic acids is 2. The Kier molecular flexibility index (Phi) is 13.7. The van der Waals surface area contributed by atoms with Gasteiger partial charge in [0.2, 0.25) is 0 Å². The number of rotatable bonds is 4. The predicted molar refractivity (Wildman–Crippen MR) is 98.4 cm³/mol. The van der Waals surface area contributed by atoms with E-state index in [-0.39, 0.29) is 11.3 Å². The lowest BCUT2D eigenvalue weighted by Crippen LogP contribution is -2.33. The van der Waals surface area contributed by atoms with Crippen molar-refractivity contribution < 1.29 is 23.5 Å². The number of nitrogens with one attached hydrogen (secondary N) is 2. The number of ether oxygens (including phenoxy) is 2. The highest BCUT2D eigenvalue weighted by Crippen LogP contribution is 2.30. The number of anilines is 1. The summed E-state index contributed by atoms with van der Waals surface area (Å²) in [5.74, 6) is -0.887. The third-order valence-corrected chi connectivity index (χ3v) is 2.67. The molecule has 0 fully saturated rings. The minimum Gasteiger partial charge on any atom is -0.504 e. The first kappa shape index (κ1) is 24.7. The van der Waals surface area contributed by atoms with Crippen molar-refractivity contribution in [2.75, 3.05) is 19.5 Å². The molecule has 0 saturated carbocycles. The molecule has 3 amide bonds. The summed E-state index contributed by atoms with van der Waals surface area (Å²) >= 11 is 0. The average molecular weight is 356 g/mol. The molecule has 142 valence electrons. The molecule has 1 aromatic carbocycles. The number of hydrogen-bond donors (Lipinski definition) is 2. The van der Waals surface area contributed by atoms with Crippen molar-refractivity contribution in [1.29, 1.82) is 0 Å². The highest BCUT2D eigenvalue weighted by atomic mass is 19.1. The molecule has 0 saturated heterocycles. The van der Waals surface area contributed by atoms with E-state index in [1.807, 2.05) is 33.0 Å². The molecule has 0 unspecified atom stereocenters. The molecule has 0 aliphatic rings. The topological polar surface area (TPSA) is 76.7 Å². The van der Waals surface area contributed by atoms with E-state index in [1.165, 1.54) is 27.2 Å². The van der Waals surface area contributed by atoms with Crippen LogP contribution in [-0.4, -0.2) is 26.2 Å². The number of amides is 3. The number of aryl methyl sites for hydroxylation is 1. The number of imide groups is 1. The summed E-state index contributed by atoms with van der Waals surface area (Å²) in [4.78, 5) is 22.9. The Bertz CT molecular complexity index is 587. The van der Waals surface area contributed by atoms with Gasteiger partial charge in [0.05, 0.1) is 26.2 Å². The van der Waals surface area contributed by atoms with Gasteiger partial charge in [-0.3, -0.25) is 10.1 Å². The molecule has 1 aromatic rings. The summed E-state index contributed by atoms with van der Waals surface area (Å²) in [5, 5.41) is 4.28. The molecule has 6 nitrogen and oxygen atoms in total. The number of methoxy groups -OCH3 is 2. The predicted octanol–water partition coefficient (Wildman–Crippen LogP) is 4.31. The van der Waals surface area contributed by atoms with E-state index in [1.54, 1.807) is 6.92 Å². The molecule has 0 heterocycles. The van der Waals surface area contributed by atoms with Crippen molar-refractivity contribution in [1.82, 2.24) is 5.32 Å². The normalized spacial score (nSPS) is 9.16. The summed E-state index contributed by atoms with van der Waals surface area (Å²) < 4.78 is 23.7. The van der Waals surface area contributed by atoms with Crippen LogP contribution < -0.4 is 15.4 Å². The van der Waals surface area contributed by atoms with Gasteiger partial charge in [-0.25, -0.2) is 9.18 Å². The molecule has 0 spiro atoms. The van der Waals surface area contributed by atoms with Gasteiger partial charge in [-0.05, 0) is 25.5 Å². The summed E-state index contributed by atoms with van der Waals surface area (Å²) in [6.07, 6.45) is 2.14. The molecule has 1 rings (SSSR count). The van der Waals surface area contributed by atoms with Crippen LogP contribution in [0.2, 0.25) is 0 Å². The van der Waals surface area contributed by atoms with Crippen molar-refractivity contribution in [2.24, 2.45) is 0 Å². The van der Waals surface area contributed by atoms with E-state index in [9.17, 15) is 14.0 Å². The molecular weight excluding hydrogens is 327 g/mol. The van der Waals surface area contributed by atoms with Crippen molar-refractivity contribution in [3.8, 4) is 5.75 Å². The first-order valence-corrected chi connectivity index (χ1v) is 8.05.